The maximum atomic E-state index is 10.9. The Kier molecular flexibility index (Phi) is 4.28. The van der Waals surface area contributed by atoms with E-state index in [9.17, 15) is 9.59 Å². The van der Waals surface area contributed by atoms with Crippen molar-refractivity contribution in [2.75, 3.05) is 0 Å². The van der Waals surface area contributed by atoms with Gasteiger partial charge in [-0.25, -0.2) is 0 Å². The molecule has 4 N–H and O–H groups in total. The Labute approximate surface area is 70.9 Å². The largest absolute Gasteiger partial charge is 0.481 e. The molecule has 12 heavy (non-hydrogen) atoms. The molecule has 5 heteroatoms. The Morgan fingerprint density at radius 3 is 2.33 bits per heavy atom. The van der Waals surface area contributed by atoms with Crippen molar-refractivity contribution in [3.63, 3.8) is 0 Å². The average molecular weight is 174 g/mol. The third-order valence-corrected chi connectivity index (χ3v) is 1.28. The highest BCUT2D eigenvalue weighted by Crippen LogP contribution is 1.90. The SMILES string of the molecule is C[C@H](N)C(=O)N[C@@H](C)CC(=O)O. The lowest BCUT2D eigenvalue weighted by molar-refractivity contribution is -0.137. The van der Waals surface area contributed by atoms with Crippen LogP contribution in [0.2, 0.25) is 0 Å². The molecule has 0 saturated heterocycles. The van der Waals surface area contributed by atoms with E-state index in [0.29, 0.717) is 0 Å². The number of rotatable bonds is 4. The van der Waals surface area contributed by atoms with Gasteiger partial charge < -0.3 is 16.2 Å². The lowest BCUT2D eigenvalue weighted by Crippen LogP contribution is -2.43. The summed E-state index contributed by atoms with van der Waals surface area (Å²) in [5.74, 6) is -1.27. The van der Waals surface area contributed by atoms with Gasteiger partial charge in [0.2, 0.25) is 5.91 Å². The molecule has 0 aliphatic carbocycles. The van der Waals surface area contributed by atoms with Crippen molar-refractivity contribution in [1.29, 1.82) is 0 Å². The predicted octanol–water partition coefficient (Wildman–Crippen LogP) is -0.687. The number of carbonyl (C=O) groups excluding carboxylic acids is 1. The molecule has 0 aromatic rings. The van der Waals surface area contributed by atoms with Crippen LogP contribution in [0.15, 0.2) is 0 Å². The van der Waals surface area contributed by atoms with E-state index in [0.717, 1.165) is 0 Å². The number of hydrogen-bond acceptors (Lipinski definition) is 3. The molecular formula is C7H14N2O3. The van der Waals surface area contributed by atoms with Crippen molar-refractivity contribution >= 4 is 11.9 Å². The first-order valence-electron chi connectivity index (χ1n) is 3.71. The van der Waals surface area contributed by atoms with Gasteiger partial charge in [0.25, 0.3) is 0 Å². The summed E-state index contributed by atoms with van der Waals surface area (Å²) in [6.45, 7) is 3.16. The Hall–Kier alpha value is -1.10. The molecule has 0 saturated carbocycles. The minimum Gasteiger partial charge on any atom is -0.481 e. The molecular weight excluding hydrogens is 160 g/mol. The fourth-order valence-corrected chi connectivity index (χ4v) is 0.687. The van der Waals surface area contributed by atoms with Gasteiger partial charge in [0.05, 0.1) is 12.5 Å². The minimum atomic E-state index is -0.938. The molecule has 0 radical (unpaired) electrons. The maximum Gasteiger partial charge on any atom is 0.305 e. The van der Waals surface area contributed by atoms with Crippen LogP contribution in [0.25, 0.3) is 0 Å². The quantitative estimate of drug-likeness (QED) is 0.526. The van der Waals surface area contributed by atoms with E-state index in [-0.39, 0.29) is 18.4 Å². The number of aliphatic carboxylic acids is 1. The molecule has 0 fully saturated rings. The highest BCUT2D eigenvalue weighted by molar-refractivity contribution is 5.81. The average Bonchev–Trinajstić information content (AvgIpc) is 1.84. The smallest absolute Gasteiger partial charge is 0.305 e. The maximum absolute atomic E-state index is 10.9. The van der Waals surface area contributed by atoms with Gasteiger partial charge in [0, 0.05) is 6.04 Å². The summed E-state index contributed by atoms with van der Waals surface area (Å²) < 4.78 is 0. The van der Waals surface area contributed by atoms with Crippen LogP contribution in [-0.2, 0) is 9.59 Å². The zero-order chi connectivity index (χ0) is 9.72. The van der Waals surface area contributed by atoms with Gasteiger partial charge in [-0.2, -0.15) is 0 Å². The summed E-state index contributed by atoms with van der Waals surface area (Å²) in [6.07, 6.45) is -0.0849. The molecule has 70 valence electrons. The van der Waals surface area contributed by atoms with Gasteiger partial charge >= 0.3 is 5.97 Å². The highest BCUT2D eigenvalue weighted by atomic mass is 16.4. The number of amides is 1. The van der Waals surface area contributed by atoms with Gasteiger partial charge in [-0.3, -0.25) is 9.59 Å². The summed E-state index contributed by atoms with van der Waals surface area (Å²) in [7, 11) is 0. The number of carboxylic acid groups (broad SMARTS) is 1. The van der Waals surface area contributed by atoms with Crippen molar-refractivity contribution in [3.05, 3.63) is 0 Å². The molecule has 0 aliphatic heterocycles. The Morgan fingerprint density at radius 1 is 1.50 bits per heavy atom. The molecule has 2 atom stereocenters. The molecule has 0 aromatic carbocycles. The van der Waals surface area contributed by atoms with Gasteiger partial charge in [-0.1, -0.05) is 0 Å². The fourth-order valence-electron chi connectivity index (χ4n) is 0.687. The fraction of sp³-hybridized carbons (Fsp3) is 0.714. The van der Waals surface area contributed by atoms with Crippen LogP contribution in [0.1, 0.15) is 20.3 Å². The number of nitrogens with one attached hydrogen (secondary N) is 1. The summed E-state index contributed by atoms with van der Waals surface area (Å²) in [6, 6.07) is -0.970. The van der Waals surface area contributed by atoms with Crippen molar-refractivity contribution in [2.24, 2.45) is 5.73 Å². The van der Waals surface area contributed by atoms with Gasteiger partial charge in [-0.05, 0) is 13.8 Å². The van der Waals surface area contributed by atoms with E-state index in [1.807, 2.05) is 0 Å². The van der Waals surface area contributed by atoms with Crippen molar-refractivity contribution in [1.82, 2.24) is 5.32 Å². The molecule has 0 spiro atoms. The lowest BCUT2D eigenvalue weighted by Gasteiger charge is -2.12. The number of carboxylic acids is 1. The van der Waals surface area contributed by atoms with Crippen LogP contribution in [-0.4, -0.2) is 29.1 Å². The van der Waals surface area contributed by atoms with E-state index in [1.165, 1.54) is 0 Å². The third-order valence-electron chi connectivity index (χ3n) is 1.28. The van der Waals surface area contributed by atoms with Crippen LogP contribution < -0.4 is 11.1 Å². The number of nitrogens with two attached hydrogens (primary N) is 1. The Bertz CT molecular complexity index is 179. The molecule has 0 aliphatic rings. The molecule has 1 amide bonds. The van der Waals surface area contributed by atoms with Crippen LogP contribution >= 0.6 is 0 Å². The summed E-state index contributed by atoms with van der Waals surface area (Å²) >= 11 is 0. The number of carbonyl (C=O) groups is 2. The topological polar surface area (TPSA) is 92.4 Å². The Morgan fingerprint density at radius 2 is 2.00 bits per heavy atom. The van der Waals surface area contributed by atoms with Crippen LogP contribution in [0.5, 0.6) is 0 Å². The zero-order valence-corrected chi connectivity index (χ0v) is 7.20. The predicted molar refractivity (Wildman–Crippen MR) is 43.5 cm³/mol. The second-order valence-electron chi connectivity index (χ2n) is 2.80. The van der Waals surface area contributed by atoms with Gasteiger partial charge in [-0.15, -0.1) is 0 Å². The van der Waals surface area contributed by atoms with Crippen LogP contribution in [0.3, 0.4) is 0 Å². The van der Waals surface area contributed by atoms with E-state index in [2.05, 4.69) is 5.32 Å². The van der Waals surface area contributed by atoms with Crippen molar-refractivity contribution in [3.8, 4) is 0 Å². The van der Waals surface area contributed by atoms with Crippen molar-refractivity contribution < 1.29 is 14.7 Å². The zero-order valence-electron chi connectivity index (χ0n) is 7.20. The molecule has 0 unspecified atom stereocenters. The standard InChI is InChI=1S/C7H14N2O3/c1-4(3-6(10)11)9-7(12)5(2)8/h4-5H,3,8H2,1-2H3,(H,9,12)(H,10,11)/t4-,5-/m0/s1. The van der Waals surface area contributed by atoms with Crippen molar-refractivity contribution in [2.45, 2.75) is 32.4 Å². The Balaban J connectivity index is 3.76. The number of hydrogen-bond donors (Lipinski definition) is 3. The van der Waals surface area contributed by atoms with Gasteiger partial charge in [0.15, 0.2) is 0 Å². The summed E-state index contributed by atoms with van der Waals surface area (Å²) in [4.78, 5) is 21.1. The highest BCUT2D eigenvalue weighted by Gasteiger charge is 2.12. The first-order chi connectivity index (χ1) is 5.43. The minimum absolute atomic E-state index is 0.0849. The third kappa shape index (κ3) is 4.68. The molecule has 0 aromatic heterocycles. The lowest BCUT2D eigenvalue weighted by atomic mass is 10.2. The van der Waals surface area contributed by atoms with Crippen LogP contribution in [0, 0.1) is 0 Å². The molecule has 0 rings (SSSR count). The van der Waals surface area contributed by atoms with E-state index < -0.39 is 12.0 Å². The molecule has 0 heterocycles. The molecule has 0 bridgehead atoms. The second kappa shape index (κ2) is 4.71. The van der Waals surface area contributed by atoms with E-state index in [4.69, 9.17) is 10.8 Å². The van der Waals surface area contributed by atoms with Crippen LogP contribution in [0.4, 0.5) is 0 Å². The van der Waals surface area contributed by atoms with E-state index in [1.54, 1.807) is 13.8 Å². The van der Waals surface area contributed by atoms with E-state index >= 15 is 0 Å². The second-order valence-corrected chi connectivity index (χ2v) is 2.80. The monoisotopic (exact) mass is 174 g/mol. The first-order valence-corrected chi connectivity index (χ1v) is 3.71. The summed E-state index contributed by atoms with van der Waals surface area (Å²) in [5, 5.41) is 10.8. The summed E-state index contributed by atoms with van der Waals surface area (Å²) in [5.41, 5.74) is 5.26. The first kappa shape index (κ1) is 10.9. The van der Waals surface area contributed by atoms with Gasteiger partial charge in [0.1, 0.15) is 0 Å². The normalized spacial score (nSPS) is 14.9. The molecule has 5 nitrogen and oxygen atoms in total.